The molecule has 6 nitrogen and oxygen atoms in total. The molecule has 0 aliphatic heterocycles. The van der Waals surface area contributed by atoms with E-state index in [2.05, 4.69) is 22.6 Å². The summed E-state index contributed by atoms with van der Waals surface area (Å²) in [4.78, 5) is 30.7. The van der Waals surface area contributed by atoms with E-state index < -0.39 is 18.0 Å². The highest BCUT2D eigenvalue weighted by Gasteiger charge is 2.06. The number of aliphatic hydroxyl groups excluding tert-OH is 1. The second-order valence-corrected chi connectivity index (χ2v) is 2.81. The van der Waals surface area contributed by atoms with E-state index in [4.69, 9.17) is 5.11 Å². The third kappa shape index (κ3) is 14.1. The summed E-state index contributed by atoms with van der Waals surface area (Å²) in [5.41, 5.74) is 0. The molecule has 0 heterocycles. The number of ether oxygens (including phenoxy) is 2. The standard InChI is InChI=1S/C6H8O3.C5H8O3/c1-3-9-6(8)4-5(2)7;1-3-8-5(7)4(2)6/h3H,1,4H2,2H3;3-4,6H,1H2,2H3. The molecule has 96 valence electrons. The van der Waals surface area contributed by atoms with Crippen molar-refractivity contribution in [3.63, 3.8) is 0 Å². The Kier molecular flexibility index (Phi) is 10.8. The minimum Gasteiger partial charge on any atom is -0.435 e. The van der Waals surface area contributed by atoms with E-state index in [1.807, 2.05) is 0 Å². The number of carbonyl (C=O) groups excluding carboxylic acids is 3. The van der Waals surface area contributed by atoms with Gasteiger partial charge in [0.25, 0.3) is 0 Å². The summed E-state index contributed by atoms with van der Waals surface area (Å²) in [6.45, 7) is 8.93. The fourth-order valence-corrected chi connectivity index (χ4v) is 0.518. The number of Topliss-reactive ketones (excluding diaryl/α,β-unsaturated/α-hetero) is 1. The van der Waals surface area contributed by atoms with Crippen molar-refractivity contribution in [2.45, 2.75) is 26.4 Å². The number of rotatable bonds is 5. The van der Waals surface area contributed by atoms with Gasteiger partial charge in [-0.05, 0) is 13.8 Å². The Balaban J connectivity index is 0. The van der Waals surface area contributed by atoms with Gasteiger partial charge in [-0.3, -0.25) is 9.59 Å². The van der Waals surface area contributed by atoms with E-state index >= 15 is 0 Å². The molecule has 0 saturated carbocycles. The molecule has 0 radical (unpaired) electrons. The predicted octanol–water partition coefficient (Wildman–Crippen LogP) is 0.706. The second-order valence-electron chi connectivity index (χ2n) is 2.81. The summed E-state index contributed by atoms with van der Waals surface area (Å²) >= 11 is 0. The van der Waals surface area contributed by atoms with E-state index in [-0.39, 0.29) is 12.2 Å². The maximum atomic E-state index is 10.3. The summed E-state index contributed by atoms with van der Waals surface area (Å²) < 4.78 is 8.44. The van der Waals surface area contributed by atoms with Crippen LogP contribution in [0.4, 0.5) is 0 Å². The highest BCUT2D eigenvalue weighted by molar-refractivity contribution is 5.94. The number of carbonyl (C=O) groups is 3. The molecular weight excluding hydrogens is 228 g/mol. The largest absolute Gasteiger partial charge is 0.435 e. The molecule has 1 unspecified atom stereocenters. The monoisotopic (exact) mass is 244 g/mol. The molecule has 0 bridgehead atoms. The zero-order valence-corrected chi connectivity index (χ0v) is 9.84. The van der Waals surface area contributed by atoms with E-state index in [0.717, 1.165) is 12.5 Å². The van der Waals surface area contributed by atoms with Crippen LogP contribution in [-0.4, -0.2) is 28.9 Å². The second kappa shape index (κ2) is 10.6. The minimum atomic E-state index is -1.06. The Hall–Kier alpha value is -1.95. The van der Waals surface area contributed by atoms with Gasteiger partial charge in [-0.1, -0.05) is 13.2 Å². The number of aliphatic hydroxyl groups is 1. The maximum Gasteiger partial charge on any atom is 0.339 e. The van der Waals surface area contributed by atoms with Crippen LogP contribution in [0.3, 0.4) is 0 Å². The zero-order chi connectivity index (χ0) is 13.8. The lowest BCUT2D eigenvalue weighted by Crippen LogP contribution is -2.16. The third-order valence-electron chi connectivity index (χ3n) is 1.15. The molecule has 6 heteroatoms. The highest BCUT2D eigenvalue weighted by Crippen LogP contribution is 1.86. The first-order valence-electron chi connectivity index (χ1n) is 4.64. The minimum absolute atomic E-state index is 0.175. The summed E-state index contributed by atoms with van der Waals surface area (Å²) in [7, 11) is 0. The van der Waals surface area contributed by atoms with Crippen molar-refractivity contribution in [2.24, 2.45) is 0 Å². The summed E-state index contributed by atoms with van der Waals surface area (Å²) in [5, 5.41) is 8.43. The van der Waals surface area contributed by atoms with Gasteiger partial charge < -0.3 is 14.6 Å². The average Bonchev–Trinajstić information content (AvgIpc) is 2.17. The van der Waals surface area contributed by atoms with Crippen LogP contribution in [0.1, 0.15) is 20.3 Å². The molecule has 0 aromatic heterocycles. The smallest absolute Gasteiger partial charge is 0.339 e. The molecule has 0 aromatic carbocycles. The van der Waals surface area contributed by atoms with Crippen molar-refractivity contribution in [2.75, 3.05) is 0 Å². The van der Waals surface area contributed by atoms with Crippen LogP contribution in [0.15, 0.2) is 25.7 Å². The Labute approximate surface area is 99.5 Å². The van der Waals surface area contributed by atoms with Crippen molar-refractivity contribution in [3.8, 4) is 0 Å². The molecule has 1 N–H and O–H groups in total. The van der Waals surface area contributed by atoms with Crippen molar-refractivity contribution < 1.29 is 29.0 Å². The summed E-state index contributed by atoms with van der Waals surface area (Å²) in [6.07, 6.45) is 0.750. The number of hydrogen-bond acceptors (Lipinski definition) is 6. The van der Waals surface area contributed by atoms with E-state index in [9.17, 15) is 14.4 Å². The van der Waals surface area contributed by atoms with Crippen molar-refractivity contribution in [1.29, 1.82) is 0 Å². The number of hydrogen-bond donors (Lipinski definition) is 1. The van der Waals surface area contributed by atoms with Crippen LogP contribution >= 0.6 is 0 Å². The third-order valence-corrected chi connectivity index (χ3v) is 1.15. The summed E-state index contributed by atoms with van der Waals surface area (Å²) in [5.74, 6) is -1.45. The normalized spacial score (nSPS) is 10.1. The van der Waals surface area contributed by atoms with Crippen molar-refractivity contribution >= 4 is 17.7 Å². The zero-order valence-electron chi connectivity index (χ0n) is 9.84. The molecule has 0 amide bonds. The van der Waals surface area contributed by atoms with Gasteiger partial charge in [-0.15, -0.1) is 0 Å². The molecule has 0 aliphatic rings. The molecule has 0 aromatic rings. The quantitative estimate of drug-likeness (QED) is 0.435. The van der Waals surface area contributed by atoms with Gasteiger partial charge in [0.2, 0.25) is 0 Å². The topological polar surface area (TPSA) is 89.9 Å². The fraction of sp³-hybridized carbons (Fsp3) is 0.364. The SMILES string of the molecule is C=COC(=O)C(C)O.C=COC(=O)CC(C)=O. The molecule has 17 heavy (non-hydrogen) atoms. The number of ketones is 1. The van der Waals surface area contributed by atoms with Gasteiger partial charge in [0.05, 0.1) is 12.5 Å². The van der Waals surface area contributed by atoms with E-state index in [0.29, 0.717) is 0 Å². The Bertz CT molecular complexity index is 292. The van der Waals surface area contributed by atoms with Crippen LogP contribution in [0.25, 0.3) is 0 Å². The highest BCUT2D eigenvalue weighted by atomic mass is 16.5. The van der Waals surface area contributed by atoms with Crippen molar-refractivity contribution in [1.82, 2.24) is 0 Å². The van der Waals surface area contributed by atoms with Gasteiger partial charge in [0.1, 0.15) is 18.3 Å². The van der Waals surface area contributed by atoms with Crippen LogP contribution in [0, 0.1) is 0 Å². The molecule has 0 aliphatic carbocycles. The molecule has 0 saturated heterocycles. The first kappa shape index (κ1) is 17.4. The molecule has 1 atom stereocenters. The van der Waals surface area contributed by atoms with E-state index in [1.165, 1.54) is 13.8 Å². The molecular formula is C11H16O6. The van der Waals surface area contributed by atoms with E-state index in [1.54, 1.807) is 0 Å². The Morgan fingerprint density at radius 1 is 1.24 bits per heavy atom. The molecule has 0 rings (SSSR count). The van der Waals surface area contributed by atoms with Crippen LogP contribution in [0.5, 0.6) is 0 Å². The van der Waals surface area contributed by atoms with Crippen molar-refractivity contribution in [3.05, 3.63) is 25.7 Å². The van der Waals surface area contributed by atoms with Crippen LogP contribution in [-0.2, 0) is 23.9 Å². The van der Waals surface area contributed by atoms with Crippen LogP contribution in [0.2, 0.25) is 0 Å². The lowest BCUT2D eigenvalue weighted by atomic mass is 10.3. The van der Waals surface area contributed by atoms with Gasteiger partial charge in [-0.2, -0.15) is 0 Å². The lowest BCUT2D eigenvalue weighted by molar-refractivity contribution is -0.146. The lowest BCUT2D eigenvalue weighted by Gasteiger charge is -1.98. The first-order valence-corrected chi connectivity index (χ1v) is 4.64. The fourth-order valence-electron chi connectivity index (χ4n) is 0.518. The molecule has 0 fully saturated rings. The average molecular weight is 244 g/mol. The van der Waals surface area contributed by atoms with Gasteiger partial charge >= 0.3 is 11.9 Å². The van der Waals surface area contributed by atoms with Gasteiger partial charge in [-0.25, -0.2) is 4.79 Å². The van der Waals surface area contributed by atoms with Crippen LogP contribution < -0.4 is 0 Å². The summed E-state index contributed by atoms with van der Waals surface area (Å²) in [6, 6.07) is 0. The Morgan fingerprint density at radius 2 is 1.71 bits per heavy atom. The molecule has 0 spiro atoms. The Morgan fingerprint density at radius 3 is 1.94 bits per heavy atom. The maximum absolute atomic E-state index is 10.3. The first-order chi connectivity index (χ1) is 7.84. The number of esters is 2. The predicted molar refractivity (Wildman–Crippen MR) is 59.6 cm³/mol. The van der Waals surface area contributed by atoms with Gasteiger partial charge in [0, 0.05) is 0 Å². The van der Waals surface area contributed by atoms with Gasteiger partial charge in [0.15, 0.2) is 0 Å².